The molecule has 4 aliphatic rings. The van der Waals surface area contributed by atoms with Crippen LogP contribution in [0.1, 0.15) is 76.1 Å². The third-order valence-corrected chi connectivity index (χ3v) is 9.57. The number of nitrogens with zero attached hydrogens (tertiary/aromatic N) is 5. The molecule has 0 aromatic carbocycles. The fraction of sp³-hybridized carbons (Fsp3) is 0.741. The van der Waals surface area contributed by atoms with Gasteiger partial charge in [-0.05, 0) is 94.5 Å². The summed E-state index contributed by atoms with van der Waals surface area (Å²) >= 11 is 0. The zero-order chi connectivity index (χ0) is 24.5. The maximum Gasteiger partial charge on any atom is 0.245 e. The molecule has 35 heavy (non-hydrogen) atoms. The SMILES string of the molecule is Cc1nc(C2(C)C3CCC2CC(C2CC2CC2C=CN(C)N2)C3)n2nc(CCC(C)(F)F)cc2n1. The van der Waals surface area contributed by atoms with Crippen LogP contribution in [0.15, 0.2) is 18.3 Å². The first-order chi connectivity index (χ1) is 16.6. The average molecular weight is 485 g/mol. The Morgan fingerprint density at radius 3 is 2.57 bits per heavy atom. The van der Waals surface area contributed by atoms with Crippen molar-refractivity contribution in [3.8, 4) is 0 Å². The number of halogens is 2. The highest BCUT2D eigenvalue weighted by Gasteiger charge is 2.57. The summed E-state index contributed by atoms with van der Waals surface area (Å²) in [5, 5.41) is 6.82. The molecule has 1 aliphatic heterocycles. The number of hydrogen-bond donors (Lipinski definition) is 1. The van der Waals surface area contributed by atoms with Crippen molar-refractivity contribution >= 4 is 5.65 Å². The predicted molar refractivity (Wildman–Crippen MR) is 131 cm³/mol. The maximum absolute atomic E-state index is 13.5. The van der Waals surface area contributed by atoms with Crippen molar-refractivity contribution in [1.82, 2.24) is 30.0 Å². The molecule has 2 aromatic rings. The number of aryl methyl sites for hydroxylation is 2. The second-order valence-corrected chi connectivity index (χ2v) is 12.1. The highest BCUT2D eigenvalue weighted by molar-refractivity contribution is 5.41. The highest BCUT2D eigenvalue weighted by Crippen LogP contribution is 2.62. The van der Waals surface area contributed by atoms with E-state index in [0.717, 1.165) is 42.0 Å². The minimum absolute atomic E-state index is 0.0384. The lowest BCUT2D eigenvalue weighted by Crippen LogP contribution is -2.43. The highest BCUT2D eigenvalue weighted by atomic mass is 19.3. The van der Waals surface area contributed by atoms with Crippen molar-refractivity contribution in [3.63, 3.8) is 0 Å². The molecule has 1 N–H and O–H groups in total. The van der Waals surface area contributed by atoms with Gasteiger partial charge in [0.1, 0.15) is 11.6 Å². The van der Waals surface area contributed by atoms with Crippen LogP contribution in [0.25, 0.3) is 5.65 Å². The first-order valence-electron chi connectivity index (χ1n) is 13.4. The van der Waals surface area contributed by atoms with Gasteiger partial charge >= 0.3 is 0 Å². The molecule has 6 rings (SSSR count). The molecule has 8 heteroatoms. The largest absolute Gasteiger partial charge is 0.318 e. The topological polar surface area (TPSA) is 58.4 Å². The van der Waals surface area contributed by atoms with E-state index in [2.05, 4.69) is 41.7 Å². The number of hydrazine groups is 1. The predicted octanol–water partition coefficient (Wildman–Crippen LogP) is 5.07. The monoisotopic (exact) mass is 484 g/mol. The van der Waals surface area contributed by atoms with Crippen LogP contribution in [0, 0.1) is 36.5 Å². The summed E-state index contributed by atoms with van der Waals surface area (Å²) < 4.78 is 28.8. The Bertz CT molecular complexity index is 1120. The van der Waals surface area contributed by atoms with E-state index >= 15 is 0 Å². The summed E-state index contributed by atoms with van der Waals surface area (Å²) in [7, 11) is 2.06. The van der Waals surface area contributed by atoms with Crippen molar-refractivity contribution in [3.05, 3.63) is 35.7 Å². The summed E-state index contributed by atoms with van der Waals surface area (Å²) in [5.74, 6) is 2.75. The summed E-state index contributed by atoms with van der Waals surface area (Å²) in [5.41, 5.74) is 4.90. The Balaban J connectivity index is 1.21. The van der Waals surface area contributed by atoms with Crippen LogP contribution in [0.2, 0.25) is 0 Å². The zero-order valence-corrected chi connectivity index (χ0v) is 21.3. The van der Waals surface area contributed by atoms with Gasteiger partial charge in [-0.25, -0.2) is 28.7 Å². The lowest BCUT2D eigenvalue weighted by atomic mass is 9.61. The van der Waals surface area contributed by atoms with Crippen molar-refractivity contribution in [2.24, 2.45) is 29.6 Å². The van der Waals surface area contributed by atoms with E-state index in [9.17, 15) is 8.78 Å². The molecule has 190 valence electrons. The Hall–Kier alpha value is -2.09. The van der Waals surface area contributed by atoms with Crippen LogP contribution in [0.4, 0.5) is 8.78 Å². The molecule has 2 bridgehead atoms. The fourth-order valence-corrected chi connectivity index (χ4v) is 7.62. The molecular weight excluding hydrogens is 446 g/mol. The van der Waals surface area contributed by atoms with Gasteiger partial charge in [0.15, 0.2) is 5.65 Å². The normalized spacial score (nSPS) is 36.5. The Morgan fingerprint density at radius 1 is 1.17 bits per heavy atom. The van der Waals surface area contributed by atoms with Gasteiger partial charge in [0.05, 0.1) is 5.69 Å². The minimum Gasteiger partial charge on any atom is -0.318 e. The smallest absolute Gasteiger partial charge is 0.245 e. The van der Waals surface area contributed by atoms with Crippen molar-refractivity contribution in [2.75, 3.05) is 7.05 Å². The van der Waals surface area contributed by atoms with E-state index in [1.807, 2.05) is 17.5 Å². The molecule has 3 saturated carbocycles. The van der Waals surface area contributed by atoms with Crippen LogP contribution in [-0.2, 0) is 11.8 Å². The van der Waals surface area contributed by atoms with Gasteiger partial charge in [0.25, 0.3) is 0 Å². The molecule has 0 saturated heterocycles. The Morgan fingerprint density at radius 2 is 1.91 bits per heavy atom. The first-order valence-corrected chi connectivity index (χ1v) is 13.4. The Kier molecular flexibility index (Phi) is 5.47. The van der Waals surface area contributed by atoms with Crippen molar-refractivity contribution in [2.45, 2.75) is 89.5 Å². The molecule has 6 nitrogen and oxygen atoms in total. The third kappa shape index (κ3) is 4.25. The summed E-state index contributed by atoms with van der Waals surface area (Å²) in [4.78, 5) is 9.56. The molecule has 3 fully saturated rings. The van der Waals surface area contributed by atoms with E-state index < -0.39 is 5.92 Å². The first kappa shape index (κ1) is 23.3. The van der Waals surface area contributed by atoms with E-state index in [-0.39, 0.29) is 18.3 Å². The summed E-state index contributed by atoms with van der Waals surface area (Å²) in [6.45, 7) is 5.30. The van der Waals surface area contributed by atoms with Crippen LogP contribution in [-0.4, -0.2) is 43.6 Å². The van der Waals surface area contributed by atoms with E-state index in [4.69, 9.17) is 10.1 Å². The van der Waals surface area contributed by atoms with Crippen molar-refractivity contribution in [1.29, 1.82) is 0 Å². The van der Waals surface area contributed by atoms with Gasteiger partial charge in [-0.15, -0.1) is 0 Å². The molecular formula is C27H38F2N6. The van der Waals surface area contributed by atoms with Crippen LogP contribution >= 0.6 is 0 Å². The minimum atomic E-state index is -2.69. The number of aromatic nitrogens is 4. The van der Waals surface area contributed by atoms with Gasteiger partial charge in [0.2, 0.25) is 5.92 Å². The molecule has 2 aromatic heterocycles. The van der Waals surface area contributed by atoms with Gasteiger partial charge in [0, 0.05) is 37.2 Å². The quantitative estimate of drug-likeness (QED) is 0.594. The van der Waals surface area contributed by atoms with Gasteiger partial charge in [-0.1, -0.05) is 6.92 Å². The lowest BCUT2D eigenvalue weighted by Gasteiger charge is -2.44. The number of rotatable bonds is 7. The van der Waals surface area contributed by atoms with Gasteiger partial charge in [-0.2, -0.15) is 5.10 Å². The maximum atomic E-state index is 13.5. The summed E-state index contributed by atoms with van der Waals surface area (Å²) in [6, 6.07) is 2.36. The third-order valence-electron chi connectivity index (χ3n) is 9.57. The van der Waals surface area contributed by atoms with Crippen LogP contribution in [0.5, 0.6) is 0 Å². The molecule has 5 atom stereocenters. The summed E-state index contributed by atoms with van der Waals surface area (Å²) in [6.07, 6.45) is 12.1. The lowest BCUT2D eigenvalue weighted by molar-refractivity contribution is 0.0130. The number of fused-ring (bicyclic) bond motifs is 3. The van der Waals surface area contributed by atoms with E-state index in [1.54, 1.807) is 0 Å². The fourth-order valence-electron chi connectivity index (χ4n) is 7.62. The molecule has 5 unspecified atom stereocenters. The molecule has 0 amide bonds. The zero-order valence-electron chi connectivity index (χ0n) is 21.3. The second-order valence-electron chi connectivity index (χ2n) is 12.1. The number of alkyl halides is 2. The molecule has 0 radical (unpaired) electrons. The molecule has 3 aliphatic carbocycles. The second kappa shape index (κ2) is 8.22. The number of nitrogens with one attached hydrogen (secondary N) is 1. The van der Waals surface area contributed by atoms with Gasteiger partial charge in [-0.3, -0.25) is 0 Å². The Labute approximate surface area is 206 Å². The number of hydrogen-bond acceptors (Lipinski definition) is 5. The molecule has 0 spiro atoms. The van der Waals surface area contributed by atoms with Gasteiger partial charge < -0.3 is 5.01 Å². The van der Waals surface area contributed by atoms with E-state index in [0.29, 0.717) is 23.6 Å². The van der Waals surface area contributed by atoms with E-state index in [1.165, 1.54) is 38.5 Å². The standard InChI is InChI=1S/C27H38F2N6/c1-16-30-24-15-21(7-9-26(2,28)29)33-35(24)25(31-16)27(3)19-5-6-20(27)12-17(11-19)23-14-18(23)13-22-8-10-34(4)32-22/h8,10,15,17-20,22-23,32H,5-7,9,11-14H2,1-4H3. The van der Waals surface area contributed by atoms with Crippen LogP contribution < -0.4 is 5.43 Å². The molecule has 3 heterocycles. The van der Waals surface area contributed by atoms with Crippen LogP contribution in [0.3, 0.4) is 0 Å². The average Bonchev–Trinajstić information content (AvgIpc) is 3.18. The van der Waals surface area contributed by atoms with Crippen molar-refractivity contribution < 1.29 is 8.78 Å².